The monoisotopic (exact) mass is 378 g/mol. The van der Waals surface area contributed by atoms with Gasteiger partial charge in [-0.1, -0.05) is 12.1 Å². The van der Waals surface area contributed by atoms with E-state index in [0.29, 0.717) is 0 Å². The number of aromatic nitrogens is 1. The smallest absolute Gasteiger partial charge is 0.127 e. The van der Waals surface area contributed by atoms with Crippen molar-refractivity contribution in [2.24, 2.45) is 10.2 Å². The molecule has 0 saturated heterocycles. The number of hydrogen-bond acceptors (Lipinski definition) is 4. The molecule has 0 saturated carbocycles. The molecule has 1 aromatic heterocycles. The van der Waals surface area contributed by atoms with E-state index in [-0.39, 0.29) is 0 Å². The summed E-state index contributed by atoms with van der Waals surface area (Å²) in [6, 6.07) is 12.0. The van der Waals surface area contributed by atoms with Crippen LogP contribution in [0, 0.1) is 3.57 Å². The van der Waals surface area contributed by atoms with Crippen LogP contribution in [0.25, 0.3) is 0 Å². The Morgan fingerprint density at radius 1 is 0.950 bits per heavy atom. The summed E-state index contributed by atoms with van der Waals surface area (Å²) in [6.07, 6.45) is 5.20. The van der Waals surface area contributed by atoms with E-state index in [1.807, 2.05) is 55.4 Å². The van der Waals surface area contributed by atoms with Gasteiger partial charge in [-0.2, -0.15) is 10.2 Å². The van der Waals surface area contributed by atoms with Gasteiger partial charge in [-0.3, -0.25) is 0 Å². The first kappa shape index (κ1) is 14.6. The van der Waals surface area contributed by atoms with E-state index >= 15 is 0 Å². The molecule has 1 aromatic carbocycles. The van der Waals surface area contributed by atoms with Crippen molar-refractivity contribution in [1.29, 1.82) is 0 Å². The molecule has 0 atom stereocenters. The minimum absolute atomic E-state index is 0.921. The van der Waals surface area contributed by atoms with Gasteiger partial charge >= 0.3 is 0 Å². The van der Waals surface area contributed by atoms with Crippen LogP contribution in [0.15, 0.2) is 52.8 Å². The highest BCUT2D eigenvalue weighted by Gasteiger charge is 1.95. The van der Waals surface area contributed by atoms with Gasteiger partial charge in [0.05, 0.1) is 12.4 Å². The fourth-order valence-corrected chi connectivity index (χ4v) is 1.85. The SMILES string of the molecule is CN(C)c1ccc(/C=N/N=C/c2ccc(I)cc2)cn1. The Bertz CT molecular complexity index is 601. The van der Waals surface area contributed by atoms with Crippen molar-refractivity contribution in [3.63, 3.8) is 0 Å². The second kappa shape index (κ2) is 7.14. The summed E-state index contributed by atoms with van der Waals surface area (Å²) < 4.78 is 1.20. The minimum atomic E-state index is 0.921. The van der Waals surface area contributed by atoms with E-state index < -0.39 is 0 Å². The molecule has 4 nitrogen and oxygen atoms in total. The van der Waals surface area contributed by atoms with Crippen molar-refractivity contribution >= 4 is 40.8 Å². The highest BCUT2D eigenvalue weighted by Crippen LogP contribution is 2.06. The molecule has 2 aromatic rings. The number of anilines is 1. The second-order valence-electron chi connectivity index (χ2n) is 4.38. The van der Waals surface area contributed by atoms with Crippen molar-refractivity contribution in [3.8, 4) is 0 Å². The van der Waals surface area contributed by atoms with Crippen LogP contribution in [-0.4, -0.2) is 31.5 Å². The molecule has 0 amide bonds. The molecule has 20 heavy (non-hydrogen) atoms. The average molecular weight is 378 g/mol. The fraction of sp³-hybridized carbons (Fsp3) is 0.133. The number of benzene rings is 1. The van der Waals surface area contributed by atoms with Crippen molar-refractivity contribution in [1.82, 2.24) is 4.98 Å². The van der Waals surface area contributed by atoms with Gasteiger partial charge in [-0.15, -0.1) is 0 Å². The molecule has 0 radical (unpaired) electrons. The third-order valence-electron chi connectivity index (χ3n) is 2.58. The van der Waals surface area contributed by atoms with E-state index in [0.717, 1.165) is 16.9 Å². The van der Waals surface area contributed by atoms with Gasteiger partial charge < -0.3 is 4.90 Å². The van der Waals surface area contributed by atoms with Gasteiger partial charge in [-0.05, 0) is 52.4 Å². The Balaban J connectivity index is 1.97. The molecule has 0 N–H and O–H groups in total. The van der Waals surface area contributed by atoms with Crippen LogP contribution in [0.1, 0.15) is 11.1 Å². The third-order valence-corrected chi connectivity index (χ3v) is 3.30. The maximum absolute atomic E-state index is 4.31. The zero-order valence-electron chi connectivity index (χ0n) is 11.4. The minimum Gasteiger partial charge on any atom is -0.363 e. The van der Waals surface area contributed by atoms with Crippen molar-refractivity contribution < 1.29 is 0 Å². The van der Waals surface area contributed by atoms with Crippen LogP contribution in [0.5, 0.6) is 0 Å². The first-order valence-corrected chi connectivity index (χ1v) is 7.18. The van der Waals surface area contributed by atoms with E-state index in [2.05, 4.69) is 37.8 Å². The average Bonchev–Trinajstić information content (AvgIpc) is 2.46. The van der Waals surface area contributed by atoms with Crippen molar-refractivity contribution in [2.75, 3.05) is 19.0 Å². The number of halogens is 1. The Hall–Kier alpha value is -1.76. The van der Waals surface area contributed by atoms with E-state index in [1.54, 1.807) is 18.6 Å². The van der Waals surface area contributed by atoms with E-state index in [4.69, 9.17) is 0 Å². The summed E-state index contributed by atoms with van der Waals surface area (Å²) in [5.74, 6) is 0.921. The van der Waals surface area contributed by atoms with Crippen molar-refractivity contribution in [3.05, 3.63) is 57.3 Å². The molecule has 0 bridgehead atoms. The highest BCUT2D eigenvalue weighted by atomic mass is 127. The maximum Gasteiger partial charge on any atom is 0.127 e. The quantitative estimate of drug-likeness (QED) is 0.466. The summed E-state index contributed by atoms with van der Waals surface area (Å²) in [4.78, 5) is 6.26. The molecule has 0 fully saturated rings. The van der Waals surface area contributed by atoms with Crippen LogP contribution in [0.4, 0.5) is 5.82 Å². The summed E-state index contributed by atoms with van der Waals surface area (Å²) in [7, 11) is 3.92. The second-order valence-corrected chi connectivity index (χ2v) is 5.63. The lowest BCUT2D eigenvalue weighted by Gasteiger charge is -2.09. The van der Waals surface area contributed by atoms with Gasteiger partial charge in [-0.25, -0.2) is 4.98 Å². The highest BCUT2D eigenvalue weighted by molar-refractivity contribution is 14.1. The summed E-state index contributed by atoms with van der Waals surface area (Å²) in [5, 5.41) is 8.05. The Morgan fingerprint density at radius 2 is 1.55 bits per heavy atom. The van der Waals surface area contributed by atoms with E-state index in [1.165, 1.54) is 3.57 Å². The van der Waals surface area contributed by atoms with Crippen LogP contribution in [0.2, 0.25) is 0 Å². The van der Waals surface area contributed by atoms with Crippen LogP contribution in [0.3, 0.4) is 0 Å². The van der Waals surface area contributed by atoms with Gasteiger partial charge in [0.15, 0.2) is 0 Å². The predicted molar refractivity (Wildman–Crippen MR) is 92.9 cm³/mol. The zero-order valence-corrected chi connectivity index (χ0v) is 13.5. The molecule has 0 aliphatic rings. The zero-order chi connectivity index (χ0) is 14.4. The molecular weight excluding hydrogens is 363 g/mol. The normalized spacial score (nSPS) is 11.3. The summed E-state index contributed by atoms with van der Waals surface area (Å²) >= 11 is 2.27. The summed E-state index contributed by atoms with van der Waals surface area (Å²) in [6.45, 7) is 0. The molecule has 5 heteroatoms. The number of rotatable bonds is 4. The largest absolute Gasteiger partial charge is 0.363 e. The molecule has 0 aliphatic carbocycles. The van der Waals surface area contributed by atoms with Gasteiger partial charge in [0.2, 0.25) is 0 Å². The maximum atomic E-state index is 4.31. The first-order chi connectivity index (χ1) is 9.65. The van der Waals surface area contributed by atoms with Crippen molar-refractivity contribution in [2.45, 2.75) is 0 Å². The van der Waals surface area contributed by atoms with Crippen LogP contribution < -0.4 is 4.90 Å². The molecule has 0 aliphatic heterocycles. The molecule has 102 valence electrons. The Labute approximate surface area is 132 Å². The van der Waals surface area contributed by atoms with E-state index in [9.17, 15) is 0 Å². The first-order valence-electron chi connectivity index (χ1n) is 6.10. The van der Waals surface area contributed by atoms with Gasteiger partial charge in [0.1, 0.15) is 5.82 Å². The standard InChI is InChI=1S/C15H15IN4/c1-20(2)15-8-5-13(9-17-15)11-19-18-10-12-3-6-14(16)7-4-12/h3-11H,1-2H3/b18-10+,19-11+. The lowest BCUT2D eigenvalue weighted by molar-refractivity contribution is 1.07. The Kier molecular flexibility index (Phi) is 5.23. The predicted octanol–water partition coefficient (Wildman–Crippen LogP) is 3.21. The molecule has 0 unspecified atom stereocenters. The lowest BCUT2D eigenvalue weighted by atomic mass is 10.2. The number of hydrogen-bond donors (Lipinski definition) is 0. The molecule has 0 spiro atoms. The number of nitrogens with zero attached hydrogens (tertiary/aromatic N) is 4. The fourth-order valence-electron chi connectivity index (χ4n) is 1.49. The van der Waals surface area contributed by atoms with Gasteiger partial charge in [0.25, 0.3) is 0 Å². The van der Waals surface area contributed by atoms with Crippen LogP contribution in [-0.2, 0) is 0 Å². The molecular formula is C15H15IN4. The van der Waals surface area contributed by atoms with Gasteiger partial charge in [0, 0.05) is 29.4 Å². The Morgan fingerprint density at radius 3 is 2.10 bits per heavy atom. The topological polar surface area (TPSA) is 40.9 Å². The third kappa shape index (κ3) is 4.41. The summed E-state index contributed by atoms with van der Waals surface area (Å²) in [5.41, 5.74) is 1.96. The lowest BCUT2D eigenvalue weighted by Crippen LogP contribution is -2.10. The molecule has 2 rings (SSSR count). The number of pyridine rings is 1. The molecule has 1 heterocycles. The van der Waals surface area contributed by atoms with Crippen LogP contribution >= 0.6 is 22.6 Å².